The van der Waals surface area contributed by atoms with Gasteiger partial charge in [-0.2, -0.15) is 0 Å². The first-order chi connectivity index (χ1) is 20.8. The molecule has 0 N–H and O–H groups in total. The highest BCUT2D eigenvalue weighted by atomic mass is 127. The number of hydrogen-bond donors (Lipinski definition) is 0. The molecule has 230 valence electrons. The topological polar surface area (TPSA) is 194 Å². The molecule has 0 aliphatic rings. The quantitative estimate of drug-likeness (QED) is 0.116. The van der Waals surface area contributed by atoms with Crippen LogP contribution >= 0.6 is 0 Å². The molecule has 0 atom stereocenters. The molecule has 0 saturated heterocycles. The first-order valence-corrected chi connectivity index (χ1v) is 18.3. The van der Waals surface area contributed by atoms with Crippen molar-refractivity contribution < 1.29 is 83.7 Å². The minimum atomic E-state index is -4.94. The third-order valence-corrected chi connectivity index (χ3v) is 10.7. The summed E-state index contributed by atoms with van der Waals surface area (Å²) in [5.41, 5.74) is 1.38. The van der Waals surface area contributed by atoms with Crippen molar-refractivity contribution in [2.24, 2.45) is 0 Å². The zero-order chi connectivity index (χ0) is 32.2. The first-order valence-electron chi connectivity index (χ1n) is 12.4. The van der Waals surface area contributed by atoms with E-state index < -0.39 is 20.5 Å². The van der Waals surface area contributed by atoms with Gasteiger partial charge in [-0.15, -0.1) is 20.5 Å². The van der Waals surface area contributed by atoms with E-state index in [1.165, 1.54) is 27.4 Å². The fourth-order valence-electron chi connectivity index (χ4n) is 3.64. The molecule has 13 heteroatoms. The van der Waals surface area contributed by atoms with E-state index in [1.54, 1.807) is 0 Å². The second-order valence-corrected chi connectivity index (χ2v) is 15.0. The second-order valence-electron chi connectivity index (χ2n) is 8.56. The summed E-state index contributed by atoms with van der Waals surface area (Å²) in [7, 11) is -10.0. The van der Waals surface area contributed by atoms with Crippen LogP contribution in [-0.2, 0) is 10.9 Å². The molecule has 0 radical (unpaired) electrons. The highest BCUT2D eigenvalue weighted by molar-refractivity contribution is 7.97. The Morgan fingerprint density at radius 1 is 0.477 bits per heavy atom. The van der Waals surface area contributed by atoms with Gasteiger partial charge in [-0.05, 0) is 85.8 Å². The molecule has 9 nitrogen and oxygen atoms in total. The summed E-state index contributed by atoms with van der Waals surface area (Å²) in [6.07, 6.45) is 0. The van der Waals surface area contributed by atoms with Gasteiger partial charge in [0.25, 0.3) is 0 Å². The fraction of sp³-hybridized carbons (Fsp3) is 0.0323. The highest BCUT2D eigenvalue weighted by Gasteiger charge is 2.28. The third-order valence-electron chi connectivity index (χ3n) is 5.35. The van der Waals surface area contributed by atoms with Crippen molar-refractivity contribution in [1.29, 1.82) is 0 Å². The molecule has 44 heavy (non-hydrogen) atoms. The zero-order valence-electron chi connectivity index (χ0n) is 22.9. The van der Waals surface area contributed by atoms with Crippen LogP contribution < -0.4 is 63.2 Å². The Bertz CT molecular complexity index is 1490. The summed E-state index contributed by atoms with van der Waals surface area (Å²) in [4.78, 5) is 3.91. The fourth-order valence-corrected chi connectivity index (χ4v) is 8.11. The van der Waals surface area contributed by atoms with Crippen LogP contribution in [0.1, 0.15) is 5.56 Å². The van der Waals surface area contributed by atoms with Crippen molar-refractivity contribution in [2.45, 2.75) is 21.6 Å². The Balaban J connectivity index is 0.000000461. The van der Waals surface area contributed by atoms with Gasteiger partial charge in [0.1, 0.15) is 11.5 Å². The smallest absolute Gasteiger partial charge is 0.358 e. The van der Waals surface area contributed by atoms with E-state index >= 15 is 0 Å². The van der Waals surface area contributed by atoms with Crippen molar-refractivity contribution in [3.8, 4) is 11.5 Å². The van der Waals surface area contributed by atoms with E-state index in [0.717, 1.165) is 11.5 Å². The molecule has 0 aliphatic carbocycles. The van der Waals surface area contributed by atoms with Crippen LogP contribution in [0.25, 0.3) is 0 Å². The minimum absolute atomic E-state index is 0.146. The lowest BCUT2D eigenvalue weighted by atomic mass is 10.2. The van der Waals surface area contributed by atoms with E-state index in [4.69, 9.17) is 42.0 Å². The van der Waals surface area contributed by atoms with Gasteiger partial charge < -0.3 is 4.74 Å². The van der Waals surface area contributed by atoms with Crippen LogP contribution in [0.2, 0.25) is 0 Å². The molecule has 0 heterocycles. The van der Waals surface area contributed by atoms with Crippen LogP contribution in [0.4, 0.5) is 0 Å². The highest BCUT2D eigenvalue weighted by Crippen LogP contribution is 2.32. The Morgan fingerprint density at radius 3 is 1.27 bits per heavy atom. The minimum Gasteiger partial charge on any atom is -0.457 e. The SMILES string of the molecule is Cc1ccccc1[I+]c1ccc(Oc2ccc([S+](c3ccccc3)c3ccccc3)cc2)cc1.[O-][Cl+3]([O-])([O-])[O-].[O-][Cl+3]([O-])([O-])[O-]. The van der Waals surface area contributed by atoms with Crippen LogP contribution in [0.3, 0.4) is 0 Å². The summed E-state index contributed by atoms with van der Waals surface area (Å²) in [5.74, 6) is 1.73. The maximum atomic E-state index is 8.49. The normalized spacial score (nSPS) is 11.1. The summed E-state index contributed by atoms with van der Waals surface area (Å²) < 4.78 is 77.0. The predicted octanol–water partition coefficient (Wildman–Crippen LogP) is -4.50. The van der Waals surface area contributed by atoms with Crippen LogP contribution in [0.5, 0.6) is 11.5 Å². The average molecular weight is 771 g/mol. The molecule has 0 spiro atoms. The number of halogens is 3. The number of hydrogen-bond acceptors (Lipinski definition) is 9. The number of rotatable bonds is 7. The molecular weight excluding hydrogens is 746 g/mol. The standard InChI is InChI=1S/C31H25IOS.2ClHO4/c1-24-10-8-9-15-31(24)32-25-16-18-26(19-17-25)33-27-20-22-30(23-21-27)34(28-11-4-2-5-12-28)29-13-6-3-7-14-29;2*2-1(3,4)5/h2-23H,1H3;2*(H,2,3,4,5)/q+2;;/p-2. The van der Waals surface area contributed by atoms with E-state index in [9.17, 15) is 0 Å². The molecule has 5 rings (SSSR count). The van der Waals surface area contributed by atoms with Gasteiger partial charge >= 0.3 is 21.2 Å². The molecule has 0 fully saturated rings. The van der Waals surface area contributed by atoms with Crippen molar-refractivity contribution in [1.82, 2.24) is 0 Å². The summed E-state index contributed by atoms with van der Waals surface area (Å²) >= 11 is -0.178. The number of ether oxygens (including phenoxy) is 1. The van der Waals surface area contributed by atoms with Crippen molar-refractivity contribution in [3.05, 3.63) is 146 Å². The van der Waals surface area contributed by atoms with E-state index in [-0.39, 0.29) is 32.1 Å². The molecule has 0 aliphatic heterocycles. The van der Waals surface area contributed by atoms with E-state index in [0.29, 0.717) is 0 Å². The zero-order valence-corrected chi connectivity index (χ0v) is 27.4. The molecule has 0 saturated carbocycles. The molecule has 5 aromatic carbocycles. The van der Waals surface area contributed by atoms with Gasteiger partial charge in [-0.3, -0.25) is 0 Å². The molecule has 5 aromatic rings. The van der Waals surface area contributed by atoms with Crippen LogP contribution in [0, 0.1) is 34.6 Å². The van der Waals surface area contributed by atoms with Crippen molar-refractivity contribution >= 4 is 10.9 Å². The lowest BCUT2D eigenvalue weighted by molar-refractivity contribution is -2.00. The van der Waals surface area contributed by atoms with Gasteiger partial charge in [0.2, 0.25) is 0 Å². The molecule has 0 bridgehead atoms. The second kappa shape index (κ2) is 17.1. The molecule has 0 aromatic heterocycles. The van der Waals surface area contributed by atoms with E-state index in [1.807, 2.05) is 0 Å². The summed E-state index contributed by atoms with van der Waals surface area (Å²) in [5, 5.41) is 0. The summed E-state index contributed by atoms with van der Waals surface area (Å²) in [6, 6.07) is 47.2. The van der Waals surface area contributed by atoms with Crippen LogP contribution in [0.15, 0.2) is 148 Å². The lowest BCUT2D eigenvalue weighted by Gasteiger charge is -2.17. The summed E-state index contributed by atoms with van der Waals surface area (Å²) in [6.45, 7) is 2.19. The number of aryl methyl sites for hydroxylation is 1. The van der Waals surface area contributed by atoms with Gasteiger partial charge in [0.05, 0.1) is 10.9 Å². The van der Waals surface area contributed by atoms with Gasteiger partial charge in [0.15, 0.2) is 21.8 Å². The monoisotopic (exact) mass is 770 g/mol. The Kier molecular flexibility index (Phi) is 13.9. The third kappa shape index (κ3) is 13.9. The molecular formula is C31H25Cl2IO9S. The van der Waals surface area contributed by atoms with Crippen LogP contribution in [-0.4, -0.2) is 0 Å². The maximum Gasteiger partial charge on any atom is 0.358 e. The molecule has 0 amide bonds. The van der Waals surface area contributed by atoms with Gasteiger partial charge in [-0.1, -0.05) is 54.6 Å². The van der Waals surface area contributed by atoms with Gasteiger partial charge in [0, 0.05) is 5.56 Å². The Hall–Kier alpha value is -2.76. The Labute approximate surface area is 272 Å². The largest absolute Gasteiger partial charge is 0.457 e. The van der Waals surface area contributed by atoms with Crippen molar-refractivity contribution in [3.63, 3.8) is 0 Å². The average Bonchev–Trinajstić information content (AvgIpc) is 2.96. The molecule has 0 unspecified atom stereocenters. The maximum absolute atomic E-state index is 8.49. The predicted molar refractivity (Wildman–Crippen MR) is 137 cm³/mol. The Morgan fingerprint density at radius 2 is 0.841 bits per heavy atom. The van der Waals surface area contributed by atoms with Crippen molar-refractivity contribution in [2.75, 3.05) is 0 Å². The first kappa shape index (κ1) is 35.7. The lowest BCUT2D eigenvalue weighted by Crippen LogP contribution is -3.61. The number of benzene rings is 5. The van der Waals surface area contributed by atoms with Gasteiger partial charge in [-0.25, -0.2) is 37.3 Å². The van der Waals surface area contributed by atoms with E-state index in [2.05, 4.69) is 140 Å².